The van der Waals surface area contributed by atoms with Gasteiger partial charge in [-0.2, -0.15) is 15.3 Å². The van der Waals surface area contributed by atoms with E-state index >= 15 is 0 Å². The van der Waals surface area contributed by atoms with Crippen molar-refractivity contribution in [1.29, 1.82) is 0 Å². The molecular formula is C42H51B2BrN6O4. The van der Waals surface area contributed by atoms with Crippen LogP contribution in [0.15, 0.2) is 114 Å². The largest absolute Gasteiger partial charge is 0.494 e. The standard InChI is InChI=1S/C18H25BN2O2.C15H19BN2O2.C9H7BrN2/c1-13(2)21-12-15(11-20-21)14-7-9-16(10-8-14)19-22-17(3,4)18(5,6)23-19;1-14(2)15(3,4)20-16(19-14)13-7-5-11(6-8-13)12-9-17-18-10-12;10-9-3-1-7(2-4-9)8-5-11-12-6-8/h7-13H,1-6H3;5-10H,1-4H3,(H,17,18);1-6H,(H,11,12). The van der Waals surface area contributed by atoms with E-state index in [2.05, 4.69) is 165 Å². The Morgan fingerprint density at radius 2 is 0.891 bits per heavy atom. The second-order valence-corrected chi connectivity index (χ2v) is 17.1. The van der Waals surface area contributed by atoms with Crippen LogP contribution in [0.2, 0.25) is 0 Å². The summed E-state index contributed by atoms with van der Waals surface area (Å²) in [5, 5.41) is 17.8. The number of aromatic amines is 2. The number of hydrogen-bond donors (Lipinski definition) is 2. The number of rotatable bonds is 6. The summed E-state index contributed by atoms with van der Waals surface area (Å²) in [6.45, 7) is 20.8. The van der Waals surface area contributed by atoms with E-state index in [1.54, 1.807) is 0 Å². The maximum Gasteiger partial charge on any atom is 0.494 e. The average Bonchev–Trinajstić information content (AvgIpc) is 3.99. The zero-order chi connectivity index (χ0) is 39.6. The van der Waals surface area contributed by atoms with Crippen LogP contribution in [0.25, 0.3) is 33.4 Å². The predicted octanol–water partition coefficient (Wildman–Crippen LogP) is 8.65. The van der Waals surface area contributed by atoms with Crippen molar-refractivity contribution in [3.05, 3.63) is 114 Å². The topological polar surface area (TPSA) is 112 Å². The van der Waals surface area contributed by atoms with Gasteiger partial charge in [0.05, 0.1) is 41.0 Å². The maximum absolute atomic E-state index is 6.09. The van der Waals surface area contributed by atoms with Gasteiger partial charge in [0, 0.05) is 45.8 Å². The van der Waals surface area contributed by atoms with E-state index in [0.717, 1.165) is 43.2 Å². The summed E-state index contributed by atoms with van der Waals surface area (Å²) < 4.78 is 27.3. The van der Waals surface area contributed by atoms with Gasteiger partial charge < -0.3 is 18.6 Å². The highest BCUT2D eigenvalue weighted by molar-refractivity contribution is 9.10. The fourth-order valence-electron chi connectivity index (χ4n) is 5.85. The van der Waals surface area contributed by atoms with Crippen molar-refractivity contribution in [3.63, 3.8) is 0 Å². The number of aromatic nitrogens is 6. The second kappa shape index (κ2) is 16.1. The molecule has 0 aliphatic carbocycles. The molecule has 5 heterocycles. The van der Waals surface area contributed by atoms with Crippen molar-refractivity contribution >= 4 is 41.1 Å². The third kappa shape index (κ3) is 9.24. The lowest BCUT2D eigenvalue weighted by atomic mass is 9.78. The summed E-state index contributed by atoms with van der Waals surface area (Å²) in [4.78, 5) is 0. The monoisotopic (exact) mass is 804 g/mol. The highest BCUT2D eigenvalue weighted by Crippen LogP contribution is 2.37. The van der Waals surface area contributed by atoms with Gasteiger partial charge in [-0.15, -0.1) is 0 Å². The molecule has 2 aliphatic heterocycles. The van der Waals surface area contributed by atoms with Gasteiger partial charge >= 0.3 is 14.2 Å². The Bertz CT molecular complexity index is 2080. The van der Waals surface area contributed by atoms with Gasteiger partial charge in [0.15, 0.2) is 0 Å². The molecule has 8 rings (SSSR count). The maximum atomic E-state index is 6.09. The van der Waals surface area contributed by atoms with Gasteiger partial charge in [0.2, 0.25) is 0 Å². The van der Waals surface area contributed by atoms with Crippen LogP contribution in [-0.4, -0.2) is 66.8 Å². The smallest absolute Gasteiger partial charge is 0.399 e. The van der Waals surface area contributed by atoms with Crippen LogP contribution in [0.3, 0.4) is 0 Å². The van der Waals surface area contributed by atoms with Crippen molar-refractivity contribution in [2.45, 2.75) is 97.7 Å². The van der Waals surface area contributed by atoms with E-state index in [4.69, 9.17) is 18.6 Å². The third-order valence-corrected chi connectivity index (χ3v) is 11.4. The van der Waals surface area contributed by atoms with Crippen molar-refractivity contribution in [2.24, 2.45) is 0 Å². The number of nitrogens with zero attached hydrogens (tertiary/aromatic N) is 4. The highest BCUT2D eigenvalue weighted by Gasteiger charge is 2.52. The molecule has 10 nitrogen and oxygen atoms in total. The van der Waals surface area contributed by atoms with E-state index < -0.39 is 0 Å². The molecule has 2 aliphatic rings. The quantitative estimate of drug-likeness (QED) is 0.162. The Morgan fingerprint density at radius 1 is 0.527 bits per heavy atom. The van der Waals surface area contributed by atoms with E-state index in [0.29, 0.717) is 6.04 Å². The van der Waals surface area contributed by atoms with E-state index in [1.807, 2.05) is 59.9 Å². The molecule has 2 saturated heterocycles. The van der Waals surface area contributed by atoms with Crippen molar-refractivity contribution in [1.82, 2.24) is 30.2 Å². The van der Waals surface area contributed by atoms with E-state index in [1.165, 1.54) is 5.56 Å². The number of halogens is 1. The lowest BCUT2D eigenvalue weighted by Gasteiger charge is -2.32. The van der Waals surface area contributed by atoms with Crippen LogP contribution >= 0.6 is 15.9 Å². The zero-order valence-electron chi connectivity index (χ0n) is 33.4. The Labute approximate surface area is 334 Å². The molecule has 286 valence electrons. The SMILES string of the molecule is Brc1ccc(-c2cn[nH]c2)cc1.CC(C)n1cc(-c2ccc(B3OC(C)(C)C(C)(C)O3)cc2)cn1.CC1(C)OB(c2ccc(-c3cn[nH]c3)cc2)OC1(C)C. The van der Waals surface area contributed by atoms with Gasteiger partial charge in [-0.05, 0) is 109 Å². The van der Waals surface area contributed by atoms with Gasteiger partial charge in [-0.3, -0.25) is 14.9 Å². The summed E-state index contributed by atoms with van der Waals surface area (Å²) in [5.74, 6) is 0. The molecule has 0 amide bonds. The Kier molecular flexibility index (Phi) is 11.8. The molecule has 0 radical (unpaired) electrons. The predicted molar refractivity (Wildman–Crippen MR) is 225 cm³/mol. The molecule has 0 unspecified atom stereocenters. The molecular weight excluding hydrogens is 754 g/mol. The van der Waals surface area contributed by atoms with Crippen molar-refractivity contribution < 1.29 is 18.6 Å². The zero-order valence-corrected chi connectivity index (χ0v) is 35.0. The molecule has 13 heteroatoms. The van der Waals surface area contributed by atoms with E-state index in [-0.39, 0.29) is 36.6 Å². The lowest BCUT2D eigenvalue weighted by molar-refractivity contribution is 0.00578. The lowest BCUT2D eigenvalue weighted by Crippen LogP contribution is -2.41. The first kappa shape index (κ1) is 40.4. The molecule has 0 atom stereocenters. The van der Waals surface area contributed by atoms with Crippen LogP contribution in [0.1, 0.15) is 75.3 Å². The summed E-state index contributed by atoms with van der Waals surface area (Å²) in [6.07, 6.45) is 11.4. The summed E-state index contributed by atoms with van der Waals surface area (Å²) in [7, 11) is -0.620. The normalized spacial score (nSPS) is 17.7. The molecule has 0 saturated carbocycles. The average molecular weight is 805 g/mol. The molecule has 2 N–H and O–H groups in total. The summed E-state index contributed by atoms with van der Waals surface area (Å²) in [5.41, 5.74) is 7.61. The minimum Gasteiger partial charge on any atom is -0.399 e. The molecule has 55 heavy (non-hydrogen) atoms. The second-order valence-electron chi connectivity index (χ2n) is 16.2. The van der Waals surface area contributed by atoms with E-state index in [9.17, 15) is 0 Å². The van der Waals surface area contributed by atoms with Crippen LogP contribution < -0.4 is 10.9 Å². The van der Waals surface area contributed by atoms with Gasteiger partial charge in [0.1, 0.15) is 0 Å². The third-order valence-electron chi connectivity index (χ3n) is 10.8. The Morgan fingerprint density at radius 3 is 1.22 bits per heavy atom. The molecule has 3 aromatic heterocycles. The number of H-pyrrole nitrogens is 2. The van der Waals surface area contributed by atoms with Gasteiger partial charge in [0.25, 0.3) is 0 Å². The molecule has 3 aromatic carbocycles. The molecule has 2 fully saturated rings. The summed E-state index contributed by atoms with van der Waals surface area (Å²) >= 11 is 3.39. The van der Waals surface area contributed by atoms with Crippen molar-refractivity contribution in [2.75, 3.05) is 0 Å². The molecule has 0 spiro atoms. The van der Waals surface area contributed by atoms with Crippen LogP contribution in [0.5, 0.6) is 0 Å². The first-order valence-corrected chi connectivity index (χ1v) is 19.4. The number of hydrogen-bond acceptors (Lipinski definition) is 7. The van der Waals surface area contributed by atoms with Gasteiger partial charge in [-0.1, -0.05) is 76.6 Å². The molecule has 0 bridgehead atoms. The summed E-state index contributed by atoms with van der Waals surface area (Å²) in [6, 6.07) is 25.1. The molecule has 6 aromatic rings. The van der Waals surface area contributed by atoms with Crippen LogP contribution in [0, 0.1) is 0 Å². The Hall–Kier alpha value is -4.26. The van der Waals surface area contributed by atoms with Gasteiger partial charge in [-0.25, -0.2) is 0 Å². The minimum atomic E-state index is -0.313. The first-order chi connectivity index (χ1) is 25.9. The number of benzene rings is 3. The van der Waals surface area contributed by atoms with Crippen LogP contribution in [-0.2, 0) is 18.6 Å². The fourth-order valence-corrected chi connectivity index (χ4v) is 6.12. The minimum absolute atomic E-state index is 0.305. The highest BCUT2D eigenvalue weighted by atomic mass is 79.9. The Balaban J connectivity index is 0.000000147. The number of nitrogens with one attached hydrogen (secondary N) is 2. The van der Waals surface area contributed by atoms with Crippen molar-refractivity contribution in [3.8, 4) is 33.4 Å². The first-order valence-electron chi connectivity index (χ1n) is 18.6. The fraction of sp³-hybridized carbons (Fsp3) is 0.357. The van der Waals surface area contributed by atoms with Crippen LogP contribution in [0.4, 0.5) is 0 Å².